The van der Waals surface area contributed by atoms with Gasteiger partial charge in [-0.1, -0.05) is 18.3 Å². The number of nitrogens with one attached hydrogen (secondary N) is 1. The Kier molecular flexibility index (Phi) is 4.71. The van der Waals surface area contributed by atoms with Gasteiger partial charge in [0.15, 0.2) is 0 Å². The van der Waals surface area contributed by atoms with Crippen LogP contribution < -0.4 is 10.5 Å². The van der Waals surface area contributed by atoms with Crippen molar-refractivity contribution >= 4 is 26.5 Å². The van der Waals surface area contributed by atoms with Crippen molar-refractivity contribution in [2.45, 2.75) is 36.6 Å². The highest BCUT2D eigenvalue weighted by atomic mass is 32.2. The molecule has 1 aliphatic heterocycles. The standard InChI is InChI=1S/C10H19N5O2S2/c1-2-5-15-6-3-8(4-7-15)14-19(16,17)10-13-12-9(11)18-10/h8,14H,2-7H2,1H3,(H2,11,12). The molecule has 1 saturated heterocycles. The molecule has 0 amide bonds. The lowest BCUT2D eigenvalue weighted by Gasteiger charge is -2.31. The molecule has 0 spiro atoms. The summed E-state index contributed by atoms with van der Waals surface area (Å²) in [6.45, 7) is 5.08. The van der Waals surface area contributed by atoms with Crippen molar-refractivity contribution < 1.29 is 8.42 Å². The molecule has 0 unspecified atom stereocenters. The van der Waals surface area contributed by atoms with E-state index in [0.29, 0.717) is 0 Å². The Hall–Kier alpha value is -0.770. The third-order valence-electron chi connectivity index (χ3n) is 3.10. The molecule has 1 aromatic rings. The van der Waals surface area contributed by atoms with Crippen LogP contribution in [0.4, 0.5) is 5.13 Å². The summed E-state index contributed by atoms with van der Waals surface area (Å²) >= 11 is 0.887. The molecule has 1 aliphatic rings. The summed E-state index contributed by atoms with van der Waals surface area (Å²) < 4.78 is 26.7. The fourth-order valence-corrected chi connectivity index (χ4v) is 4.29. The molecule has 0 atom stereocenters. The van der Waals surface area contributed by atoms with E-state index in [4.69, 9.17) is 5.73 Å². The summed E-state index contributed by atoms with van der Waals surface area (Å²) in [6.07, 6.45) is 2.78. The highest BCUT2D eigenvalue weighted by molar-refractivity contribution is 7.91. The Bertz CT molecular complexity index is 508. The molecular weight excluding hydrogens is 286 g/mol. The summed E-state index contributed by atoms with van der Waals surface area (Å²) in [4.78, 5) is 2.35. The van der Waals surface area contributed by atoms with Crippen molar-refractivity contribution in [3.05, 3.63) is 0 Å². The van der Waals surface area contributed by atoms with E-state index in [9.17, 15) is 8.42 Å². The fourth-order valence-electron chi connectivity index (χ4n) is 2.19. The normalized spacial score (nSPS) is 18.8. The van der Waals surface area contributed by atoms with Crippen LogP contribution in [0.25, 0.3) is 0 Å². The van der Waals surface area contributed by atoms with Crippen LogP contribution in [-0.4, -0.2) is 49.2 Å². The van der Waals surface area contributed by atoms with E-state index in [1.165, 1.54) is 0 Å². The van der Waals surface area contributed by atoms with E-state index in [0.717, 1.165) is 50.2 Å². The Labute approximate surface area is 117 Å². The molecular formula is C10H19N5O2S2. The molecule has 0 radical (unpaired) electrons. The maximum absolute atomic E-state index is 12.0. The molecule has 108 valence electrons. The zero-order valence-corrected chi connectivity index (χ0v) is 12.5. The lowest BCUT2D eigenvalue weighted by molar-refractivity contribution is 0.208. The van der Waals surface area contributed by atoms with Crippen LogP contribution in [0.15, 0.2) is 4.34 Å². The Morgan fingerprint density at radius 3 is 2.63 bits per heavy atom. The second-order valence-electron chi connectivity index (χ2n) is 4.64. The maximum Gasteiger partial charge on any atom is 0.270 e. The minimum atomic E-state index is -3.57. The van der Waals surface area contributed by atoms with E-state index < -0.39 is 10.0 Å². The fraction of sp³-hybridized carbons (Fsp3) is 0.800. The zero-order chi connectivity index (χ0) is 13.9. The molecule has 2 heterocycles. The average molecular weight is 305 g/mol. The van der Waals surface area contributed by atoms with Crippen molar-refractivity contribution in [3.63, 3.8) is 0 Å². The van der Waals surface area contributed by atoms with Crippen molar-refractivity contribution in [1.29, 1.82) is 0 Å². The number of hydrogen-bond acceptors (Lipinski definition) is 7. The van der Waals surface area contributed by atoms with E-state index in [2.05, 4.69) is 26.7 Å². The van der Waals surface area contributed by atoms with Crippen LogP contribution in [0.3, 0.4) is 0 Å². The van der Waals surface area contributed by atoms with Crippen LogP contribution in [0.1, 0.15) is 26.2 Å². The largest absolute Gasteiger partial charge is 0.374 e. The van der Waals surface area contributed by atoms with Gasteiger partial charge in [0.05, 0.1) is 0 Å². The highest BCUT2D eigenvalue weighted by Gasteiger charge is 2.26. The minimum absolute atomic E-state index is 0.0248. The van der Waals surface area contributed by atoms with Gasteiger partial charge >= 0.3 is 0 Å². The predicted octanol–water partition coefficient (Wildman–Crippen LogP) is 0.273. The number of aromatic nitrogens is 2. The molecule has 0 saturated carbocycles. The van der Waals surface area contributed by atoms with E-state index in [1.54, 1.807) is 0 Å². The SMILES string of the molecule is CCCN1CCC(NS(=O)(=O)c2nnc(N)s2)CC1. The van der Waals surface area contributed by atoms with Crippen molar-refractivity contribution in [2.24, 2.45) is 0 Å². The third-order valence-corrected chi connectivity index (χ3v) is 5.74. The number of nitrogens with zero attached hydrogens (tertiary/aromatic N) is 3. The van der Waals surface area contributed by atoms with E-state index >= 15 is 0 Å². The number of piperidine rings is 1. The molecule has 0 aliphatic carbocycles. The highest BCUT2D eigenvalue weighted by Crippen LogP contribution is 2.19. The van der Waals surface area contributed by atoms with Gasteiger partial charge in [0, 0.05) is 6.04 Å². The van der Waals surface area contributed by atoms with Gasteiger partial charge in [-0.25, -0.2) is 13.1 Å². The Morgan fingerprint density at radius 2 is 2.11 bits per heavy atom. The second-order valence-corrected chi connectivity index (χ2v) is 7.54. The average Bonchev–Trinajstić information content (AvgIpc) is 2.79. The van der Waals surface area contributed by atoms with Crippen LogP contribution >= 0.6 is 11.3 Å². The Morgan fingerprint density at radius 1 is 1.42 bits per heavy atom. The number of likely N-dealkylation sites (tertiary alicyclic amines) is 1. The monoisotopic (exact) mass is 305 g/mol. The molecule has 19 heavy (non-hydrogen) atoms. The van der Waals surface area contributed by atoms with E-state index in [-0.39, 0.29) is 15.5 Å². The summed E-state index contributed by atoms with van der Waals surface area (Å²) in [6, 6.07) is -0.0248. The van der Waals surface area contributed by atoms with Crippen LogP contribution in [0.2, 0.25) is 0 Å². The van der Waals surface area contributed by atoms with Gasteiger partial charge in [-0.2, -0.15) is 0 Å². The Balaban J connectivity index is 1.92. The molecule has 0 aromatic carbocycles. The van der Waals surface area contributed by atoms with Crippen molar-refractivity contribution in [3.8, 4) is 0 Å². The molecule has 1 fully saturated rings. The number of anilines is 1. The molecule has 2 rings (SSSR count). The topological polar surface area (TPSA) is 101 Å². The van der Waals surface area contributed by atoms with Crippen molar-refractivity contribution in [1.82, 2.24) is 19.8 Å². The van der Waals surface area contributed by atoms with Gasteiger partial charge in [-0.15, -0.1) is 10.2 Å². The number of nitrogens with two attached hydrogens (primary N) is 1. The number of nitrogen functional groups attached to an aromatic ring is 1. The van der Waals surface area contributed by atoms with Crippen LogP contribution in [0, 0.1) is 0 Å². The summed E-state index contributed by atoms with van der Waals surface area (Å²) in [7, 11) is -3.57. The third kappa shape index (κ3) is 3.85. The molecule has 7 nitrogen and oxygen atoms in total. The smallest absolute Gasteiger partial charge is 0.270 e. The summed E-state index contributed by atoms with van der Waals surface area (Å²) in [5, 5.41) is 7.28. The first-order valence-corrected chi connectivity index (χ1v) is 8.65. The summed E-state index contributed by atoms with van der Waals surface area (Å²) in [5.74, 6) is 0. The lowest BCUT2D eigenvalue weighted by Crippen LogP contribution is -2.44. The number of hydrogen-bond donors (Lipinski definition) is 2. The van der Waals surface area contributed by atoms with Crippen LogP contribution in [-0.2, 0) is 10.0 Å². The lowest BCUT2D eigenvalue weighted by atomic mass is 10.1. The van der Waals surface area contributed by atoms with Gasteiger partial charge in [0.25, 0.3) is 10.0 Å². The van der Waals surface area contributed by atoms with Gasteiger partial charge in [-0.05, 0) is 38.9 Å². The molecule has 9 heteroatoms. The van der Waals surface area contributed by atoms with Crippen LogP contribution in [0.5, 0.6) is 0 Å². The molecule has 3 N–H and O–H groups in total. The van der Waals surface area contributed by atoms with Gasteiger partial charge in [0.2, 0.25) is 9.47 Å². The number of sulfonamides is 1. The zero-order valence-electron chi connectivity index (χ0n) is 10.9. The minimum Gasteiger partial charge on any atom is -0.374 e. The summed E-state index contributed by atoms with van der Waals surface area (Å²) in [5.41, 5.74) is 5.41. The second kappa shape index (κ2) is 6.12. The number of rotatable bonds is 5. The maximum atomic E-state index is 12.0. The predicted molar refractivity (Wildman–Crippen MR) is 74.4 cm³/mol. The molecule has 1 aromatic heterocycles. The van der Waals surface area contributed by atoms with Gasteiger partial charge in [-0.3, -0.25) is 0 Å². The first-order chi connectivity index (χ1) is 9.01. The first-order valence-electron chi connectivity index (χ1n) is 6.35. The van der Waals surface area contributed by atoms with Gasteiger partial charge < -0.3 is 10.6 Å². The molecule has 0 bridgehead atoms. The van der Waals surface area contributed by atoms with Crippen molar-refractivity contribution in [2.75, 3.05) is 25.4 Å². The van der Waals surface area contributed by atoms with Gasteiger partial charge in [0.1, 0.15) is 0 Å². The van der Waals surface area contributed by atoms with E-state index in [1.807, 2.05) is 0 Å². The first kappa shape index (κ1) is 14.6. The quantitative estimate of drug-likeness (QED) is 0.810.